The Morgan fingerprint density at radius 3 is 2.80 bits per heavy atom. The SMILES string of the molecule is [C-]#[N+]c1ccc2nc(NC(=O)C3CCCC3CC)n(C3CCC3)c2c1. The summed E-state index contributed by atoms with van der Waals surface area (Å²) in [5, 5.41) is 3.13. The lowest BCUT2D eigenvalue weighted by Gasteiger charge is -2.29. The molecule has 2 aliphatic carbocycles. The molecule has 2 saturated carbocycles. The highest BCUT2D eigenvalue weighted by Crippen LogP contribution is 2.39. The van der Waals surface area contributed by atoms with Crippen molar-refractivity contribution in [2.45, 2.75) is 57.9 Å². The van der Waals surface area contributed by atoms with Gasteiger partial charge in [0.25, 0.3) is 0 Å². The van der Waals surface area contributed by atoms with Crippen molar-refractivity contribution in [2.75, 3.05) is 5.32 Å². The maximum absolute atomic E-state index is 12.9. The van der Waals surface area contributed by atoms with E-state index < -0.39 is 0 Å². The number of rotatable bonds is 4. The number of carbonyl (C=O) groups excluding carboxylic acids is 1. The number of aromatic nitrogens is 2. The Labute approximate surface area is 148 Å². The lowest BCUT2D eigenvalue weighted by molar-refractivity contribution is -0.121. The fourth-order valence-corrected chi connectivity index (χ4v) is 4.33. The minimum absolute atomic E-state index is 0.110. The Kier molecular flexibility index (Phi) is 4.20. The van der Waals surface area contributed by atoms with E-state index in [0.717, 1.165) is 49.6 Å². The molecule has 1 amide bonds. The van der Waals surface area contributed by atoms with Gasteiger partial charge in [0.1, 0.15) is 0 Å². The normalized spacial score (nSPS) is 23.4. The Hall–Kier alpha value is -2.35. The van der Waals surface area contributed by atoms with Crippen LogP contribution in [0.15, 0.2) is 18.2 Å². The highest BCUT2D eigenvalue weighted by Gasteiger charge is 2.33. The fourth-order valence-electron chi connectivity index (χ4n) is 4.33. The number of hydrogen-bond acceptors (Lipinski definition) is 2. The predicted molar refractivity (Wildman–Crippen MR) is 98.6 cm³/mol. The summed E-state index contributed by atoms with van der Waals surface area (Å²) >= 11 is 0. The van der Waals surface area contributed by atoms with Crippen LogP contribution in [0.3, 0.4) is 0 Å². The Morgan fingerprint density at radius 2 is 2.12 bits per heavy atom. The van der Waals surface area contributed by atoms with E-state index in [0.29, 0.717) is 23.6 Å². The number of nitrogens with one attached hydrogen (secondary N) is 1. The number of benzene rings is 1. The van der Waals surface area contributed by atoms with Crippen LogP contribution in [0.5, 0.6) is 0 Å². The molecule has 1 aromatic carbocycles. The van der Waals surface area contributed by atoms with Crippen LogP contribution in [-0.2, 0) is 4.79 Å². The van der Waals surface area contributed by atoms with Gasteiger partial charge in [-0.15, -0.1) is 0 Å². The first-order valence-corrected chi connectivity index (χ1v) is 9.41. The lowest BCUT2D eigenvalue weighted by Crippen LogP contribution is -2.28. The first-order chi connectivity index (χ1) is 12.2. The fraction of sp³-hybridized carbons (Fsp3) is 0.550. The summed E-state index contributed by atoms with van der Waals surface area (Å²) in [4.78, 5) is 21.1. The third-order valence-corrected chi connectivity index (χ3v) is 6.00. The predicted octanol–water partition coefficient (Wildman–Crippen LogP) is 5.08. The van der Waals surface area contributed by atoms with Crippen LogP contribution in [0, 0.1) is 18.4 Å². The summed E-state index contributed by atoms with van der Waals surface area (Å²) in [7, 11) is 0. The summed E-state index contributed by atoms with van der Waals surface area (Å²) in [6.45, 7) is 9.43. The quantitative estimate of drug-likeness (QED) is 0.792. The van der Waals surface area contributed by atoms with Gasteiger partial charge in [-0.25, -0.2) is 9.83 Å². The highest BCUT2D eigenvalue weighted by atomic mass is 16.2. The molecule has 1 N–H and O–H groups in total. The number of hydrogen-bond donors (Lipinski definition) is 1. The van der Waals surface area contributed by atoms with E-state index in [1.807, 2.05) is 12.1 Å². The monoisotopic (exact) mass is 336 g/mol. The summed E-state index contributed by atoms with van der Waals surface area (Å²) in [5.74, 6) is 1.38. The molecule has 1 heterocycles. The van der Waals surface area contributed by atoms with Crippen molar-refractivity contribution >= 4 is 28.6 Å². The van der Waals surface area contributed by atoms with Gasteiger partial charge in [-0.05, 0) is 50.2 Å². The van der Waals surface area contributed by atoms with E-state index in [9.17, 15) is 4.79 Å². The molecular formula is C20H24N4O. The van der Waals surface area contributed by atoms with E-state index in [2.05, 4.69) is 26.6 Å². The van der Waals surface area contributed by atoms with E-state index >= 15 is 0 Å². The maximum atomic E-state index is 12.9. The molecule has 25 heavy (non-hydrogen) atoms. The van der Waals surface area contributed by atoms with Gasteiger partial charge in [0.2, 0.25) is 11.9 Å². The number of carbonyl (C=O) groups is 1. The van der Waals surface area contributed by atoms with E-state index in [1.165, 1.54) is 6.42 Å². The Bertz CT molecular complexity index is 843. The van der Waals surface area contributed by atoms with Crippen LogP contribution in [0.25, 0.3) is 15.9 Å². The van der Waals surface area contributed by atoms with Crippen molar-refractivity contribution in [3.05, 3.63) is 29.6 Å². The highest BCUT2D eigenvalue weighted by molar-refractivity contribution is 5.94. The van der Waals surface area contributed by atoms with Crippen molar-refractivity contribution in [2.24, 2.45) is 11.8 Å². The van der Waals surface area contributed by atoms with E-state index in [1.54, 1.807) is 6.07 Å². The molecule has 0 saturated heterocycles. The van der Waals surface area contributed by atoms with Gasteiger partial charge in [0.15, 0.2) is 5.69 Å². The van der Waals surface area contributed by atoms with Crippen molar-refractivity contribution in [3.8, 4) is 0 Å². The smallest absolute Gasteiger partial charge is 0.230 e. The van der Waals surface area contributed by atoms with Gasteiger partial charge >= 0.3 is 0 Å². The van der Waals surface area contributed by atoms with Crippen LogP contribution in [-0.4, -0.2) is 15.5 Å². The van der Waals surface area contributed by atoms with Gasteiger partial charge in [-0.3, -0.25) is 10.1 Å². The molecule has 0 radical (unpaired) electrons. The zero-order valence-corrected chi connectivity index (χ0v) is 14.7. The van der Waals surface area contributed by atoms with Gasteiger partial charge < -0.3 is 4.57 Å². The summed E-state index contributed by atoms with van der Waals surface area (Å²) in [6, 6.07) is 5.96. The third kappa shape index (κ3) is 2.80. The molecular weight excluding hydrogens is 312 g/mol. The molecule has 0 spiro atoms. The Balaban J connectivity index is 1.69. The topological polar surface area (TPSA) is 51.3 Å². The molecule has 5 nitrogen and oxygen atoms in total. The molecule has 5 heteroatoms. The molecule has 2 atom stereocenters. The number of nitrogens with zero attached hydrogens (tertiary/aromatic N) is 3. The molecule has 2 aromatic rings. The second kappa shape index (κ2) is 6.51. The minimum atomic E-state index is 0.110. The van der Waals surface area contributed by atoms with Crippen LogP contribution in [0.1, 0.15) is 57.9 Å². The lowest BCUT2D eigenvalue weighted by atomic mass is 9.92. The Morgan fingerprint density at radius 1 is 1.32 bits per heavy atom. The van der Waals surface area contributed by atoms with E-state index in [4.69, 9.17) is 6.57 Å². The molecule has 4 rings (SSSR count). The zero-order valence-electron chi connectivity index (χ0n) is 14.7. The standard InChI is InChI=1S/C20H24N4O/c1-3-13-6-4-9-16(13)19(25)23-20-22-17-11-10-14(21-2)12-18(17)24(20)15-7-5-8-15/h10-13,15-16H,3-9H2,1H3,(H,22,23,25). The van der Waals surface area contributed by atoms with Crippen LogP contribution in [0.4, 0.5) is 11.6 Å². The number of imidazole rings is 1. The van der Waals surface area contributed by atoms with Gasteiger partial charge in [0.05, 0.1) is 17.6 Å². The summed E-state index contributed by atoms with van der Waals surface area (Å²) in [6.07, 6.45) is 7.77. The molecule has 130 valence electrons. The summed E-state index contributed by atoms with van der Waals surface area (Å²) < 4.78 is 2.15. The molecule has 0 bridgehead atoms. The third-order valence-electron chi connectivity index (χ3n) is 6.00. The first-order valence-electron chi connectivity index (χ1n) is 9.41. The van der Waals surface area contributed by atoms with Crippen molar-refractivity contribution in [1.82, 2.24) is 9.55 Å². The number of anilines is 1. The summed E-state index contributed by atoms with van der Waals surface area (Å²) in [5.41, 5.74) is 2.44. The molecule has 2 fully saturated rings. The van der Waals surface area contributed by atoms with Crippen molar-refractivity contribution in [1.29, 1.82) is 0 Å². The number of amides is 1. The minimum Gasteiger partial charge on any atom is -0.308 e. The van der Waals surface area contributed by atoms with Crippen molar-refractivity contribution < 1.29 is 4.79 Å². The van der Waals surface area contributed by atoms with Crippen LogP contribution < -0.4 is 5.32 Å². The van der Waals surface area contributed by atoms with Gasteiger partial charge in [0, 0.05) is 12.0 Å². The molecule has 2 unspecified atom stereocenters. The van der Waals surface area contributed by atoms with Crippen molar-refractivity contribution in [3.63, 3.8) is 0 Å². The zero-order chi connectivity index (χ0) is 17.4. The van der Waals surface area contributed by atoms with E-state index in [-0.39, 0.29) is 11.8 Å². The molecule has 2 aliphatic rings. The van der Waals surface area contributed by atoms with Crippen LogP contribution in [0.2, 0.25) is 0 Å². The average molecular weight is 336 g/mol. The molecule has 0 aliphatic heterocycles. The maximum Gasteiger partial charge on any atom is 0.230 e. The van der Waals surface area contributed by atoms with Crippen LogP contribution >= 0.6 is 0 Å². The van der Waals surface area contributed by atoms with Gasteiger partial charge in [-0.2, -0.15) is 0 Å². The second-order valence-electron chi connectivity index (χ2n) is 7.37. The second-order valence-corrected chi connectivity index (χ2v) is 7.37. The average Bonchev–Trinajstić information content (AvgIpc) is 3.18. The number of fused-ring (bicyclic) bond motifs is 1. The largest absolute Gasteiger partial charge is 0.308 e. The van der Waals surface area contributed by atoms with Gasteiger partial charge in [-0.1, -0.05) is 25.8 Å². The molecule has 1 aromatic heterocycles. The first kappa shape index (κ1) is 16.1.